The molecule has 6 aromatic rings. The van der Waals surface area contributed by atoms with Crippen LogP contribution >= 0.6 is 0 Å². The van der Waals surface area contributed by atoms with Crippen molar-refractivity contribution < 1.29 is 0 Å². The van der Waals surface area contributed by atoms with Crippen molar-refractivity contribution in [2.45, 2.75) is 87.9 Å². The van der Waals surface area contributed by atoms with E-state index in [0.29, 0.717) is 33.9 Å². The maximum atomic E-state index is 9.52. The van der Waals surface area contributed by atoms with Gasteiger partial charge in [0.25, 0.3) is 0 Å². The van der Waals surface area contributed by atoms with Crippen LogP contribution in [0.25, 0.3) is 56.4 Å². The molecule has 8 saturated carbocycles. The first-order valence-corrected chi connectivity index (χ1v) is 22.1. The number of benzene rings is 5. The quantitative estimate of drug-likeness (QED) is 0.163. The predicted molar refractivity (Wildman–Crippen MR) is 231 cm³/mol. The van der Waals surface area contributed by atoms with Crippen LogP contribution in [0, 0.1) is 46.8 Å². The van der Waals surface area contributed by atoms with Crippen molar-refractivity contribution in [1.82, 2.24) is 15.0 Å². The minimum atomic E-state index is 0.348. The Labute approximate surface area is 342 Å². The summed E-state index contributed by atoms with van der Waals surface area (Å²) in [5.74, 6) is 7.57. The van der Waals surface area contributed by atoms with Crippen molar-refractivity contribution in [3.8, 4) is 62.5 Å². The highest BCUT2D eigenvalue weighted by atomic mass is 15.0. The molecule has 8 bridgehead atoms. The fourth-order valence-corrected chi connectivity index (χ4v) is 14.1. The van der Waals surface area contributed by atoms with Gasteiger partial charge in [-0.2, -0.15) is 5.26 Å². The van der Waals surface area contributed by atoms with Gasteiger partial charge in [0.05, 0.1) is 11.6 Å². The summed E-state index contributed by atoms with van der Waals surface area (Å²) in [6.45, 7) is 0. The van der Waals surface area contributed by atoms with E-state index < -0.39 is 0 Å². The third-order valence-electron chi connectivity index (χ3n) is 15.9. The molecule has 8 fully saturated rings. The Hall–Kier alpha value is -5.40. The van der Waals surface area contributed by atoms with E-state index in [0.717, 1.165) is 74.5 Å². The topological polar surface area (TPSA) is 62.5 Å². The third kappa shape index (κ3) is 5.95. The monoisotopic (exact) mass is 754 g/mol. The van der Waals surface area contributed by atoms with Crippen molar-refractivity contribution in [1.29, 1.82) is 5.26 Å². The molecule has 1 heterocycles. The Balaban J connectivity index is 0.965. The summed E-state index contributed by atoms with van der Waals surface area (Å²) in [5, 5.41) is 9.52. The standard InChI is InChI=1S/C54H50N4/c55-33-34-6-8-42(9-7-34)46-24-45(41-4-2-1-3-5-41)25-47(26-46)52-57-50(43-10-14-48(15-11-43)53-27-35-18-36(28-53)20-37(19-35)29-53)56-51(58-52)44-12-16-49(17-13-44)54-30-38-21-39(31-54)23-40(22-38)32-54/h1-17,24-26,35-40H,18-23,27-32H2/t35-,36-,37-,38-,39-,40-,53?,54?. The summed E-state index contributed by atoms with van der Waals surface area (Å²) in [4.78, 5) is 15.9. The number of aromatic nitrogens is 3. The van der Waals surface area contributed by atoms with Crippen molar-refractivity contribution in [3.63, 3.8) is 0 Å². The van der Waals surface area contributed by atoms with Gasteiger partial charge >= 0.3 is 0 Å². The predicted octanol–water partition coefficient (Wildman–Crippen LogP) is 13.0. The van der Waals surface area contributed by atoms with Crippen molar-refractivity contribution in [2.75, 3.05) is 0 Å². The van der Waals surface area contributed by atoms with Crippen LogP contribution in [0.2, 0.25) is 0 Å². The Morgan fingerprint density at radius 2 is 0.724 bits per heavy atom. The van der Waals surface area contributed by atoms with Gasteiger partial charge in [0.15, 0.2) is 17.5 Å². The minimum Gasteiger partial charge on any atom is -0.208 e. The second kappa shape index (κ2) is 13.3. The van der Waals surface area contributed by atoms with Crippen molar-refractivity contribution in [3.05, 3.63) is 138 Å². The highest BCUT2D eigenvalue weighted by molar-refractivity contribution is 5.80. The van der Waals surface area contributed by atoms with Gasteiger partial charge in [-0.3, -0.25) is 0 Å². The Bertz CT molecular complexity index is 2390. The van der Waals surface area contributed by atoms with Crippen LogP contribution in [-0.4, -0.2) is 15.0 Å². The molecule has 0 amide bonds. The normalized spacial score (nSPS) is 30.1. The first-order valence-electron chi connectivity index (χ1n) is 22.1. The molecule has 4 heteroatoms. The van der Waals surface area contributed by atoms with Gasteiger partial charge in [0.2, 0.25) is 0 Å². The molecule has 8 aliphatic rings. The average Bonchev–Trinajstić information content (AvgIpc) is 3.26. The van der Waals surface area contributed by atoms with E-state index in [1.54, 1.807) is 0 Å². The number of nitrogens with zero attached hydrogens (tertiary/aromatic N) is 4. The van der Waals surface area contributed by atoms with Crippen LogP contribution in [0.1, 0.15) is 93.7 Å². The fourth-order valence-electron chi connectivity index (χ4n) is 14.1. The SMILES string of the molecule is N#Cc1ccc(-c2cc(-c3ccccc3)cc(-c3nc(-c4ccc(C56C[C@H]7C[C@H](C5)C[C@@H](C6)C7)cc4)nc(-c4ccc(C56C[C@H]7C[C@H](C5)C[C@@H](C6)C7)cc4)n3)c2)cc1. The lowest BCUT2D eigenvalue weighted by atomic mass is 9.48. The van der Waals surface area contributed by atoms with E-state index in [4.69, 9.17) is 15.0 Å². The van der Waals surface area contributed by atoms with E-state index >= 15 is 0 Å². The molecule has 58 heavy (non-hydrogen) atoms. The Morgan fingerprint density at radius 1 is 0.379 bits per heavy atom. The lowest BCUT2D eigenvalue weighted by Gasteiger charge is -2.57. The van der Waals surface area contributed by atoms with E-state index in [-0.39, 0.29) is 0 Å². The molecule has 0 spiro atoms. The van der Waals surface area contributed by atoms with Gasteiger partial charge in [0, 0.05) is 16.7 Å². The fraction of sp³-hybridized carbons (Fsp3) is 0.370. The molecular weight excluding hydrogens is 705 g/mol. The smallest absolute Gasteiger partial charge is 0.164 e. The molecule has 14 rings (SSSR count). The molecule has 5 aromatic carbocycles. The molecule has 0 atom stereocenters. The van der Waals surface area contributed by atoms with E-state index in [9.17, 15) is 5.26 Å². The van der Waals surface area contributed by atoms with Crippen LogP contribution in [0.3, 0.4) is 0 Å². The average molecular weight is 755 g/mol. The zero-order chi connectivity index (χ0) is 38.4. The third-order valence-corrected chi connectivity index (χ3v) is 15.9. The van der Waals surface area contributed by atoms with Gasteiger partial charge in [-0.1, -0.05) is 91.0 Å². The Kier molecular flexibility index (Phi) is 7.95. The molecular formula is C54H50N4. The van der Waals surface area contributed by atoms with Crippen molar-refractivity contribution in [2.24, 2.45) is 35.5 Å². The lowest BCUT2D eigenvalue weighted by Crippen LogP contribution is -2.48. The van der Waals surface area contributed by atoms with Crippen LogP contribution in [0.15, 0.2) is 121 Å². The highest BCUT2D eigenvalue weighted by Gasteiger charge is 2.52. The zero-order valence-corrected chi connectivity index (χ0v) is 33.3. The molecule has 0 unspecified atom stereocenters. The van der Waals surface area contributed by atoms with Crippen LogP contribution in [-0.2, 0) is 10.8 Å². The first kappa shape index (κ1) is 34.6. The molecule has 0 N–H and O–H groups in total. The van der Waals surface area contributed by atoms with Gasteiger partial charge in [0.1, 0.15) is 0 Å². The number of rotatable bonds is 7. The molecule has 286 valence electrons. The van der Waals surface area contributed by atoms with Gasteiger partial charge in [-0.05, 0) is 187 Å². The van der Waals surface area contributed by atoms with Crippen LogP contribution in [0.5, 0.6) is 0 Å². The summed E-state index contributed by atoms with van der Waals surface area (Å²) in [6.07, 6.45) is 16.9. The molecule has 8 aliphatic carbocycles. The van der Waals surface area contributed by atoms with Gasteiger partial charge in [-0.25, -0.2) is 15.0 Å². The summed E-state index contributed by atoms with van der Waals surface area (Å²) in [5.41, 5.74) is 11.7. The van der Waals surface area contributed by atoms with Crippen LogP contribution in [0.4, 0.5) is 0 Å². The maximum Gasteiger partial charge on any atom is 0.164 e. The van der Waals surface area contributed by atoms with E-state index in [1.807, 2.05) is 24.3 Å². The number of hydrogen-bond acceptors (Lipinski definition) is 4. The minimum absolute atomic E-state index is 0.348. The maximum absolute atomic E-state index is 9.52. The molecule has 0 aliphatic heterocycles. The lowest BCUT2D eigenvalue weighted by molar-refractivity contribution is -0.00530. The van der Waals surface area contributed by atoms with Crippen LogP contribution < -0.4 is 0 Å². The first-order chi connectivity index (χ1) is 28.4. The number of nitriles is 1. The number of hydrogen-bond donors (Lipinski definition) is 0. The largest absolute Gasteiger partial charge is 0.208 e. The summed E-state index contributed by atoms with van der Waals surface area (Å²) in [6, 6.07) is 46.1. The van der Waals surface area contributed by atoms with Gasteiger partial charge < -0.3 is 0 Å². The Morgan fingerprint density at radius 3 is 1.12 bits per heavy atom. The van der Waals surface area contributed by atoms with E-state index in [1.165, 1.54) is 88.2 Å². The summed E-state index contributed by atoms with van der Waals surface area (Å²) < 4.78 is 0. The van der Waals surface area contributed by atoms with Gasteiger partial charge in [-0.15, -0.1) is 0 Å². The molecule has 1 aromatic heterocycles. The second-order valence-corrected chi connectivity index (χ2v) is 19.7. The molecule has 0 saturated heterocycles. The van der Waals surface area contributed by atoms with Crippen molar-refractivity contribution >= 4 is 0 Å². The summed E-state index contributed by atoms with van der Waals surface area (Å²) in [7, 11) is 0. The summed E-state index contributed by atoms with van der Waals surface area (Å²) >= 11 is 0. The zero-order valence-electron chi connectivity index (χ0n) is 33.3. The molecule has 4 nitrogen and oxygen atoms in total. The van der Waals surface area contributed by atoms with E-state index in [2.05, 4.69) is 103 Å². The second-order valence-electron chi connectivity index (χ2n) is 19.7. The molecule has 0 radical (unpaired) electrons. The highest BCUT2D eigenvalue weighted by Crippen LogP contribution is 2.62.